The highest BCUT2D eigenvalue weighted by Gasteiger charge is 2.35. The van der Waals surface area contributed by atoms with Crippen LogP contribution in [0.15, 0.2) is 28.8 Å². The van der Waals surface area contributed by atoms with E-state index in [9.17, 15) is 17.6 Å². The molecule has 0 aliphatic rings. The molecule has 0 amide bonds. The van der Waals surface area contributed by atoms with Crippen LogP contribution in [0.5, 0.6) is 0 Å². The second kappa shape index (κ2) is 6.26. The third-order valence-corrected chi connectivity index (χ3v) is 2.94. The Kier molecular flexibility index (Phi) is 4.62. The zero-order valence-corrected chi connectivity index (χ0v) is 11.3. The van der Waals surface area contributed by atoms with Crippen molar-refractivity contribution in [3.8, 4) is 11.3 Å². The van der Waals surface area contributed by atoms with Crippen molar-refractivity contribution >= 4 is 0 Å². The molecule has 0 saturated carbocycles. The van der Waals surface area contributed by atoms with Gasteiger partial charge in [0.15, 0.2) is 11.7 Å². The van der Waals surface area contributed by atoms with Crippen LogP contribution in [0.4, 0.5) is 17.6 Å². The molecule has 0 bridgehead atoms. The van der Waals surface area contributed by atoms with Crippen LogP contribution in [-0.2, 0) is 12.6 Å². The number of benzene rings is 1. The lowest BCUT2D eigenvalue weighted by Crippen LogP contribution is -2.08. The van der Waals surface area contributed by atoms with Gasteiger partial charge in [-0.3, -0.25) is 0 Å². The Morgan fingerprint density at radius 1 is 1.29 bits per heavy atom. The number of aromatic nitrogens is 1. The Labute approximate surface area is 119 Å². The molecule has 0 radical (unpaired) electrons. The minimum Gasteiger partial charge on any atom is -0.441 e. The summed E-state index contributed by atoms with van der Waals surface area (Å²) in [7, 11) is 1.80. The lowest BCUT2D eigenvalue weighted by atomic mass is 10.1. The van der Waals surface area contributed by atoms with Crippen molar-refractivity contribution in [3.63, 3.8) is 0 Å². The van der Waals surface area contributed by atoms with Crippen LogP contribution in [-0.4, -0.2) is 18.6 Å². The summed E-state index contributed by atoms with van der Waals surface area (Å²) in [4.78, 5) is 3.95. The molecule has 1 heterocycles. The number of halogens is 4. The maximum atomic E-state index is 14.0. The Hall–Kier alpha value is -1.89. The van der Waals surface area contributed by atoms with Gasteiger partial charge in [0.2, 0.25) is 0 Å². The van der Waals surface area contributed by atoms with E-state index in [2.05, 4.69) is 10.3 Å². The van der Waals surface area contributed by atoms with E-state index in [1.807, 2.05) is 0 Å². The Bertz CT molecular complexity index is 607. The first-order valence-electron chi connectivity index (χ1n) is 6.39. The number of rotatable bonds is 5. The van der Waals surface area contributed by atoms with Crippen LogP contribution in [0.3, 0.4) is 0 Å². The van der Waals surface area contributed by atoms with Gasteiger partial charge in [-0.1, -0.05) is 6.07 Å². The van der Waals surface area contributed by atoms with E-state index >= 15 is 0 Å². The fraction of sp³-hybridized carbons (Fsp3) is 0.357. The number of aryl methyl sites for hydroxylation is 1. The monoisotopic (exact) mass is 302 g/mol. The van der Waals surface area contributed by atoms with Crippen LogP contribution in [0.1, 0.15) is 17.9 Å². The van der Waals surface area contributed by atoms with Gasteiger partial charge in [-0.2, -0.15) is 13.2 Å². The highest BCUT2D eigenvalue weighted by atomic mass is 19.4. The second-order valence-corrected chi connectivity index (χ2v) is 4.49. The van der Waals surface area contributed by atoms with E-state index in [0.717, 1.165) is 19.0 Å². The zero-order valence-electron chi connectivity index (χ0n) is 11.3. The normalized spacial score (nSPS) is 11.9. The van der Waals surface area contributed by atoms with E-state index in [1.165, 1.54) is 12.3 Å². The molecule has 0 saturated heterocycles. The van der Waals surface area contributed by atoms with Gasteiger partial charge >= 0.3 is 6.18 Å². The van der Waals surface area contributed by atoms with Crippen LogP contribution in [0, 0.1) is 5.82 Å². The van der Waals surface area contributed by atoms with Crippen LogP contribution < -0.4 is 5.32 Å². The summed E-state index contributed by atoms with van der Waals surface area (Å²) in [6.45, 7) is 0.760. The van der Waals surface area contributed by atoms with Crippen molar-refractivity contribution in [2.45, 2.75) is 19.0 Å². The molecule has 0 atom stereocenters. The second-order valence-electron chi connectivity index (χ2n) is 4.49. The molecule has 1 N–H and O–H groups in total. The van der Waals surface area contributed by atoms with Gasteiger partial charge in [0.1, 0.15) is 5.82 Å². The Morgan fingerprint density at radius 2 is 2.05 bits per heavy atom. The first-order valence-corrected chi connectivity index (χ1v) is 6.39. The van der Waals surface area contributed by atoms with Crippen molar-refractivity contribution in [1.29, 1.82) is 0 Å². The number of hydrogen-bond acceptors (Lipinski definition) is 3. The largest absolute Gasteiger partial charge is 0.441 e. The van der Waals surface area contributed by atoms with E-state index in [0.29, 0.717) is 18.4 Å². The molecular formula is C14H14F4N2O. The molecule has 2 rings (SSSR count). The molecule has 21 heavy (non-hydrogen) atoms. The van der Waals surface area contributed by atoms with Crippen LogP contribution in [0.25, 0.3) is 11.3 Å². The summed E-state index contributed by atoms with van der Waals surface area (Å²) in [5, 5.41) is 2.96. The number of hydrogen-bond donors (Lipinski definition) is 1. The number of oxazole rings is 1. The fourth-order valence-electron chi connectivity index (χ4n) is 1.91. The summed E-state index contributed by atoms with van der Waals surface area (Å²) in [6, 6.07) is 3.08. The molecule has 7 heteroatoms. The number of alkyl halides is 3. The van der Waals surface area contributed by atoms with Crippen molar-refractivity contribution in [2.24, 2.45) is 0 Å². The SMILES string of the molecule is CNCCCc1ncc(-c2cccc(C(F)(F)F)c2F)o1. The molecule has 0 fully saturated rings. The van der Waals surface area contributed by atoms with Gasteiger partial charge < -0.3 is 9.73 Å². The predicted octanol–water partition coefficient (Wildman–Crippen LogP) is 3.65. The minimum absolute atomic E-state index is 0.00180. The third-order valence-electron chi connectivity index (χ3n) is 2.94. The molecule has 0 spiro atoms. The van der Waals surface area contributed by atoms with Gasteiger partial charge in [-0.15, -0.1) is 0 Å². The topological polar surface area (TPSA) is 38.1 Å². The molecule has 1 aromatic carbocycles. The summed E-state index contributed by atoms with van der Waals surface area (Å²) in [5.41, 5.74) is -1.55. The molecule has 0 aliphatic carbocycles. The molecule has 3 nitrogen and oxygen atoms in total. The summed E-state index contributed by atoms with van der Waals surface area (Å²) in [6.07, 6.45) is -2.20. The Balaban J connectivity index is 2.26. The smallest absolute Gasteiger partial charge is 0.419 e. The highest BCUT2D eigenvalue weighted by Crippen LogP contribution is 2.35. The van der Waals surface area contributed by atoms with E-state index < -0.39 is 17.6 Å². The lowest BCUT2D eigenvalue weighted by Gasteiger charge is -2.09. The first-order chi connectivity index (χ1) is 9.93. The maximum absolute atomic E-state index is 14.0. The molecule has 114 valence electrons. The Morgan fingerprint density at radius 3 is 2.71 bits per heavy atom. The van der Waals surface area contributed by atoms with Gasteiger partial charge in [-0.05, 0) is 32.1 Å². The summed E-state index contributed by atoms with van der Waals surface area (Å²) >= 11 is 0. The van der Waals surface area contributed by atoms with E-state index in [-0.39, 0.29) is 11.3 Å². The molecular weight excluding hydrogens is 288 g/mol. The quantitative estimate of drug-likeness (QED) is 0.677. The van der Waals surface area contributed by atoms with Crippen molar-refractivity contribution in [3.05, 3.63) is 41.7 Å². The van der Waals surface area contributed by atoms with Crippen molar-refractivity contribution < 1.29 is 22.0 Å². The standard InChI is InChI=1S/C14H14F4N2O/c1-19-7-3-6-12-20-8-11(21-12)9-4-2-5-10(13(9)15)14(16,17)18/h2,4-5,8,19H,3,6-7H2,1H3. The third kappa shape index (κ3) is 3.60. The van der Waals surface area contributed by atoms with Crippen molar-refractivity contribution in [1.82, 2.24) is 10.3 Å². The predicted molar refractivity (Wildman–Crippen MR) is 69.1 cm³/mol. The lowest BCUT2D eigenvalue weighted by molar-refractivity contribution is -0.139. The maximum Gasteiger partial charge on any atom is 0.419 e. The van der Waals surface area contributed by atoms with Gasteiger partial charge in [0.05, 0.1) is 17.3 Å². The fourth-order valence-corrected chi connectivity index (χ4v) is 1.91. The van der Waals surface area contributed by atoms with Crippen LogP contribution in [0.2, 0.25) is 0 Å². The molecule has 2 aromatic rings. The molecule has 0 unspecified atom stereocenters. The molecule has 0 aliphatic heterocycles. The zero-order chi connectivity index (χ0) is 15.5. The summed E-state index contributed by atoms with van der Waals surface area (Å²) < 4.78 is 57.3. The van der Waals surface area contributed by atoms with E-state index in [4.69, 9.17) is 4.42 Å². The average molecular weight is 302 g/mol. The minimum atomic E-state index is -4.74. The van der Waals surface area contributed by atoms with Crippen LogP contribution >= 0.6 is 0 Å². The number of nitrogens with zero attached hydrogens (tertiary/aromatic N) is 1. The first kappa shape index (κ1) is 15.5. The summed E-state index contributed by atoms with van der Waals surface area (Å²) in [5.74, 6) is -0.974. The molecule has 1 aromatic heterocycles. The van der Waals surface area contributed by atoms with Gasteiger partial charge in [0.25, 0.3) is 0 Å². The van der Waals surface area contributed by atoms with Gasteiger partial charge in [0, 0.05) is 6.42 Å². The van der Waals surface area contributed by atoms with E-state index in [1.54, 1.807) is 7.05 Å². The van der Waals surface area contributed by atoms with Gasteiger partial charge in [-0.25, -0.2) is 9.37 Å². The highest BCUT2D eigenvalue weighted by molar-refractivity contribution is 5.59. The van der Waals surface area contributed by atoms with Crippen molar-refractivity contribution in [2.75, 3.05) is 13.6 Å². The number of nitrogens with one attached hydrogen (secondary N) is 1. The average Bonchev–Trinajstić information content (AvgIpc) is 2.86.